The van der Waals surface area contributed by atoms with Crippen molar-refractivity contribution in [3.63, 3.8) is 0 Å². The van der Waals surface area contributed by atoms with Gasteiger partial charge in [0.2, 0.25) is 5.89 Å². The molecule has 0 radical (unpaired) electrons. The molecule has 1 amide bonds. The quantitative estimate of drug-likeness (QED) is 0.813. The van der Waals surface area contributed by atoms with E-state index in [2.05, 4.69) is 16.2 Å². The average molecular weight is 346 g/mol. The first-order valence-corrected chi connectivity index (χ1v) is 9.06. The highest BCUT2D eigenvalue weighted by atomic mass is 16.6. The van der Waals surface area contributed by atoms with Crippen molar-refractivity contribution in [3.05, 3.63) is 11.7 Å². The van der Waals surface area contributed by atoms with Gasteiger partial charge in [0.25, 0.3) is 0 Å². The van der Waals surface area contributed by atoms with E-state index in [1.165, 1.54) is 12.8 Å². The number of nitrogens with zero attached hydrogens (tertiary/aromatic N) is 4. The van der Waals surface area contributed by atoms with Crippen molar-refractivity contribution in [3.8, 4) is 6.07 Å². The molecule has 0 bridgehead atoms. The van der Waals surface area contributed by atoms with Gasteiger partial charge in [0, 0.05) is 12.5 Å². The fourth-order valence-electron chi connectivity index (χ4n) is 3.63. The van der Waals surface area contributed by atoms with Crippen LogP contribution in [0.1, 0.15) is 76.9 Å². The molecule has 1 atom stereocenters. The molecule has 1 aromatic rings. The summed E-state index contributed by atoms with van der Waals surface area (Å²) in [5.74, 6) is 1.38. The Morgan fingerprint density at radius 2 is 2.08 bits per heavy atom. The number of amides is 1. The van der Waals surface area contributed by atoms with E-state index in [0.717, 1.165) is 12.8 Å². The lowest BCUT2D eigenvalue weighted by Gasteiger charge is -2.36. The highest BCUT2D eigenvalue weighted by Gasteiger charge is 2.45. The van der Waals surface area contributed by atoms with E-state index in [4.69, 9.17) is 9.26 Å². The third-order valence-electron chi connectivity index (χ3n) is 4.93. The van der Waals surface area contributed by atoms with Gasteiger partial charge in [0.1, 0.15) is 5.60 Å². The highest BCUT2D eigenvalue weighted by Crippen LogP contribution is 2.36. The van der Waals surface area contributed by atoms with Gasteiger partial charge in [-0.25, -0.2) is 4.79 Å². The molecule has 1 aromatic heterocycles. The number of ether oxygens (including phenoxy) is 1. The van der Waals surface area contributed by atoms with E-state index in [0.29, 0.717) is 37.0 Å². The van der Waals surface area contributed by atoms with Crippen molar-refractivity contribution in [2.24, 2.45) is 0 Å². The van der Waals surface area contributed by atoms with Gasteiger partial charge in [-0.2, -0.15) is 10.2 Å². The fraction of sp³-hybridized carbons (Fsp3) is 0.778. The van der Waals surface area contributed by atoms with Gasteiger partial charge in [-0.05, 0) is 46.5 Å². The second-order valence-corrected chi connectivity index (χ2v) is 8.14. The SMILES string of the molecule is CC(C)(C)OC(=O)N1CCCC(C#N)(c2nc(C3CCCC3)no2)C1. The summed E-state index contributed by atoms with van der Waals surface area (Å²) in [6, 6.07) is 2.34. The van der Waals surface area contributed by atoms with Gasteiger partial charge in [-0.1, -0.05) is 18.0 Å². The molecule has 0 aromatic carbocycles. The van der Waals surface area contributed by atoms with E-state index in [1.807, 2.05) is 20.8 Å². The predicted molar refractivity (Wildman–Crippen MR) is 89.8 cm³/mol. The van der Waals surface area contributed by atoms with Crippen LogP contribution in [0.3, 0.4) is 0 Å². The van der Waals surface area contributed by atoms with Crippen molar-refractivity contribution < 1.29 is 14.1 Å². The monoisotopic (exact) mass is 346 g/mol. The lowest BCUT2D eigenvalue weighted by Crippen LogP contribution is -2.49. The van der Waals surface area contributed by atoms with E-state index in [1.54, 1.807) is 4.90 Å². The van der Waals surface area contributed by atoms with E-state index in [9.17, 15) is 10.1 Å². The van der Waals surface area contributed by atoms with Crippen LogP contribution in [-0.4, -0.2) is 39.8 Å². The molecule has 1 aliphatic heterocycles. The number of hydrogen-bond donors (Lipinski definition) is 0. The summed E-state index contributed by atoms with van der Waals surface area (Å²) < 4.78 is 10.9. The zero-order chi connectivity index (χ0) is 18.1. The van der Waals surface area contributed by atoms with Crippen LogP contribution in [0.2, 0.25) is 0 Å². The van der Waals surface area contributed by atoms with E-state index < -0.39 is 17.1 Å². The zero-order valence-corrected chi connectivity index (χ0v) is 15.2. The molecule has 7 heteroatoms. The molecule has 25 heavy (non-hydrogen) atoms. The van der Waals surface area contributed by atoms with Crippen molar-refractivity contribution in [1.82, 2.24) is 15.0 Å². The van der Waals surface area contributed by atoms with Crippen LogP contribution < -0.4 is 0 Å². The molecule has 0 N–H and O–H groups in total. The maximum atomic E-state index is 12.4. The Morgan fingerprint density at radius 3 is 2.72 bits per heavy atom. The summed E-state index contributed by atoms with van der Waals surface area (Å²) in [6.07, 6.45) is 5.42. The third-order valence-corrected chi connectivity index (χ3v) is 4.93. The minimum Gasteiger partial charge on any atom is -0.444 e. The van der Waals surface area contributed by atoms with Gasteiger partial charge in [0.05, 0.1) is 12.6 Å². The van der Waals surface area contributed by atoms with Crippen LogP contribution in [0.5, 0.6) is 0 Å². The molecule has 7 nitrogen and oxygen atoms in total. The molecular formula is C18H26N4O3. The number of hydrogen-bond acceptors (Lipinski definition) is 6. The second-order valence-electron chi connectivity index (χ2n) is 8.14. The largest absolute Gasteiger partial charge is 0.444 e. The Kier molecular flexibility index (Phi) is 4.72. The van der Waals surface area contributed by atoms with Gasteiger partial charge in [-0.3, -0.25) is 0 Å². The van der Waals surface area contributed by atoms with Crippen LogP contribution in [0.4, 0.5) is 4.79 Å². The Bertz CT molecular complexity index is 667. The van der Waals surface area contributed by atoms with Gasteiger partial charge < -0.3 is 14.2 Å². The zero-order valence-electron chi connectivity index (χ0n) is 15.2. The summed E-state index contributed by atoms with van der Waals surface area (Å²) in [7, 11) is 0. The Balaban J connectivity index is 1.78. The highest BCUT2D eigenvalue weighted by molar-refractivity contribution is 5.68. The van der Waals surface area contributed by atoms with Crippen molar-refractivity contribution in [1.29, 1.82) is 5.26 Å². The Hall–Kier alpha value is -2.10. The second kappa shape index (κ2) is 6.66. The van der Waals surface area contributed by atoms with Crippen LogP contribution in [0.25, 0.3) is 0 Å². The first kappa shape index (κ1) is 17.7. The van der Waals surface area contributed by atoms with Crippen molar-refractivity contribution in [2.45, 2.75) is 76.2 Å². The molecule has 2 aliphatic rings. The number of carbonyl (C=O) groups excluding carboxylic acids is 1. The lowest BCUT2D eigenvalue weighted by atomic mass is 9.81. The number of likely N-dealkylation sites (tertiary alicyclic amines) is 1. The molecule has 0 spiro atoms. The fourth-order valence-corrected chi connectivity index (χ4v) is 3.63. The molecule has 1 aliphatic carbocycles. The van der Waals surface area contributed by atoms with Crippen LogP contribution in [-0.2, 0) is 10.2 Å². The molecule has 2 heterocycles. The molecular weight excluding hydrogens is 320 g/mol. The lowest BCUT2D eigenvalue weighted by molar-refractivity contribution is 0.0151. The Morgan fingerprint density at radius 1 is 1.36 bits per heavy atom. The average Bonchev–Trinajstić information content (AvgIpc) is 3.24. The molecule has 1 saturated carbocycles. The maximum Gasteiger partial charge on any atom is 0.410 e. The number of piperidine rings is 1. The molecule has 1 saturated heterocycles. The Labute approximate surface area is 148 Å². The topological polar surface area (TPSA) is 92.2 Å². The first-order chi connectivity index (χ1) is 11.8. The summed E-state index contributed by atoms with van der Waals surface area (Å²) >= 11 is 0. The van der Waals surface area contributed by atoms with Gasteiger partial charge in [-0.15, -0.1) is 0 Å². The van der Waals surface area contributed by atoms with Crippen LogP contribution in [0, 0.1) is 11.3 Å². The summed E-state index contributed by atoms with van der Waals surface area (Å²) in [6.45, 7) is 6.29. The van der Waals surface area contributed by atoms with Gasteiger partial charge in [0.15, 0.2) is 11.2 Å². The summed E-state index contributed by atoms with van der Waals surface area (Å²) in [4.78, 5) is 18.5. The van der Waals surface area contributed by atoms with Crippen LogP contribution >= 0.6 is 0 Å². The molecule has 2 fully saturated rings. The maximum absolute atomic E-state index is 12.4. The summed E-state index contributed by atoms with van der Waals surface area (Å²) in [5, 5.41) is 14.0. The van der Waals surface area contributed by atoms with E-state index in [-0.39, 0.29) is 6.54 Å². The number of nitriles is 1. The van der Waals surface area contributed by atoms with Gasteiger partial charge >= 0.3 is 6.09 Å². The predicted octanol–water partition coefficient (Wildman–Crippen LogP) is 3.52. The number of carbonyl (C=O) groups is 1. The first-order valence-electron chi connectivity index (χ1n) is 9.06. The number of aromatic nitrogens is 2. The molecule has 1 unspecified atom stereocenters. The number of rotatable bonds is 2. The van der Waals surface area contributed by atoms with E-state index >= 15 is 0 Å². The molecule has 3 rings (SSSR count). The van der Waals surface area contributed by atoms with Crippen LogP contribution in [0.15, 0.2) is 4.52 Å². The standard InChI is InChI=1S/C18H26N4O3/c1-17(2,3)24-16(23)22-10-6-9-18(11-19,12-22)15-20-14(21-25-15)13-7-4-5-8-13/h13H,4-10,12H2,1-3H3. The third kappa shape index (κ3) is 3.78. The normalized spacial score (nSPS) is 25.0. The minimum absolute atomic E-state index is 0.227. The summed E-state index contributed by atoms with van der Waals surface area (Å²) in [5.41, 5.74) is -1.51. The van der Waals surface area contributed by atoms with Crippen molar-refractivity contribution >= 4 is 6.09 Å². The minimum atomic E-state index is -0.945. The molecule has 136 valence electrons. The van der Waals surface area contributed by atoms with Crippen molar-refractivity contribution in [2.75, 3.05) is 13.1 Å². The smallest absolute Gasteiger partial charge is 0.410 e.